The van der Waals surface area contributed by atoms with Crippen LogP contribution >= 0.6 is 22.9 Å². The first-order valence-corrected chi connectivity index (χ1v) is 6.71. The van der Waals surface area contributed by atoms with E-state index in [1.807, 2.05) is 13.0 Å². The lowest BCUT2D eigenvalue weighted by molar-refractivity contribution is -0.118. The zero-order chi connectivity index (χ0) is 13.1. The van der Waals surface area contributed by atoms with Crippen LogP contribution in [0.2, 0.25) is 5.28 Å². The van der Waals surface area contributed by atoms with Crippen molar-refractivity contribution in [3.8, 4) is 0 Å². The third-order valence-corrected chi connectivity index (χ3v) is 3.49. The molecule has 0 radical (unpaired) electrons. The molecule has 1 amide bonds. The normalized spacial score (nSPS) is 10.8. The average molecular weight is 285 g/mol. The first kappa shape index (κ1) is 13.0. The molecule has 7 heteroatoms. The van der Waals surface area contributed by atoms with E-state index in [9.17, 15) is 4.79 Å². The van der Waals surface area contributed by atoms with Crippen LogP contribution < -0.4 is 11.1 Å². The van der Waals surface area contributed by atoms with E-state index in [1.54, 1.807) is 11.3 Å². The Kier molecular flexibility index (Phi) is 3.98. The SMILES string of the molecule is Cc1cc2c(NCCCC(N)=O)nc(Cl)nc2s1. The second-order valence-electron chi connectivity index (χ2n) is 3.91. The summed E-state index contributed by atoms with van der Waals surface area (Å²) in [6.07, 6.45) is 1.03. The minimum Gasteiger partial charge on any atom is -0.370 e. The smallest absolute Gasteiger partial charge is 0.225 e. The number of rotatable bonds is 5. The molecule has 2 aromatic rings. The van der Waals surface area contributed by atoms with E-state index in [1.165, 1.54) is 0 Å². The quantitative estimate of drug-likeness (QED) is 0.652. The number of halogens is 1. The Hall–Kier alpha value is -1.40. The summed E-state index contributed by atoms with van der Waals surface area (Å²) in [5, 5.41) is 4.34. The van der Waals surface area contributed by atoms with Gasteiger partial charge in [-0.1, -0.05) is 0 Å². The molecule has 0 aliphatic rings. The molecule has 0 aliphatic heterocycles. The molecule has 0 bridgehead atoms. The molecule has 96 valence electrons. The second-order valence-corrected chi connectivity index (χ2v) is 5.49. The Bertz CT molecular complexity index is 584. The number of aryl methyl sites for hydroxylation is 1. The molecule has 18 heavy (non-hydrogen) atoms. The summed E-state index contributed by atoms with van der Waals surface area (Å²) < 4.78 is 0. The number of aromatic nitrogens is 2. The summed E-state index contributed by atoms with van der Waals surface area (Å²) in [7, 11) is 0. The maximum atomic E-state index is 10.6. The maximum Gasteiger partial charge on any atom is 0.225 e. The van der Waals surface area contributed by atoms with Gasteiger partial charge in [0.2, 0.25) is 11.2 Å². The van der Waals surface area contributed by atoms with Crippen LogP contribution in [0.5, 0.6) is 0 Å². The van der Waals surface area contributed by atoms with Gasteiger partial charge in [-0.25, -0.2) is 9.97 Å². The number of nitrogens with one attached hydrogen (secondary N) is 1. The first-order valence-electron chi connectivity index (χ1n) is 5.52. The zero-order valence-corrected chi connectivity index (χ0v) is 11.4. The number of hydrogen-bond acceptors (Lipinski definition) is 5. The second kappa shape index (κ2) is 5.49. The topological polar surface area (TPSA) is 80.9 Å². The van der Waals surface area contributed by atoms with E-state index in [4.69, 9.17) is 17.3 Å². The highest BCUT2D eigenvalue weighted by Gasteiger charge is 2.09. The molecule has 0 saturated carbocycles. The highest BCUT2D eigenvalue weighted by atomic mass is 35.5. The van der Waals surface area contributed by atoms with Crippen molar-refractivity contribution in [1.82, 2.24) is 9.97 Å². The third kappa shape index (κ3) is 3.08. The van der Waals surface area contributed by atoms with Gasteiger partial charge >= 0.3 is 0 Å². The summed E-state index contributed by atoms with van der Waals surface area (Å²) in [6.45, 7) is 2.64. The number of primary amides is 1. The van der Waals surface area contributed by atoms with Crippen LogP contribution in [0.1, 0.15) is 17.7 Å². The predicted molar refractivity (Wildman–Crippen MR) is 74.1 cm³/mol. The summed E-state index contributed by atoms with van der Waals surface area (Å²) in [4.78, 5) is 21.0. The highest BCUT2D eigenvalue weighted by molar-refractivity contribution is 7.18. The van der Waals surface area contributed by atoms with Crippen molar-refractivity contribution >= 4 is 44.9 Å². The minimum absolute atomic E-state index is 0.224. The third-order valence-electron chi connectivity index (χ3n) is 2.38. The molecule has 0 saturated heterocycles. The molecule has 2 aromatic heterocycles. The van der Waals surface area contributed by atoms with E-state index in [0.717, 1.165) is 15.1 Å². The number of amides is 1. The molecule has 2 heterocycles. The summed E-state index contributed by atoms with van der Waals surface area (Å²) in [5.74, 6) is 0.410. The van der Waals surface area contributed by atoms with Gasteiger partial charge in [0.1, 0.15) is 10.6 Å². The van der Waals surface area contributed by atoms with Gasteiger partial charge in [-0.3, -0.25) is 4.79 Å². The van der Waals surface area contributed by atoms with Crippen molar-refractivity contribution in [3.63, 3.8) is 0 Å². The minimum atomic E-state index is -0.297. The standard InChI is InChI=1S/C11H13ClN4OS/c1-6-5-7-9(14-4-2-3-8(13)17)15-11(12)16-10(7)18-6/h5H,2-4H2,1H3,(H2,13,17)(H,14,15,16). The summed E-state index contributed by atoms with van der Waals surface area (Å²) >= 11 is 7.44. The number of carbonyl (C=O) groups is 1. The monoisotopic (exact) mass is 284 g/mol. The van der Waals surface area contributed by atoms with Crippen LogP contribution in [0.4, 0.5) is 5.82 Å². The molecule has 0 unspecified atom stereocenters. The fourth-order valence-electron chi connectivity index (χ4n) is 1.62. The van der Waals surface area contributed by atoms with E-state index in [2.05, 4.69) is 15.3 Å². The molecule has 0 spiro atoms. The molecule has 3 N–H and O–H groups in total. The summed E-state index contributed by atoms with van der Waals surface area (Å²) in [6, 6.07) is 2.02. The molecule has 2 rings (SSSR count). The molecular weight excluding hydrogens is 272 g/mol. The van der Waals surface area contributed by atoms with Crippen LogP contribution in [-0.4, -0.2) is 22.4 Å². The number of fused-ring (bicyclic) bond motifs is 1. The Morgan fingerprint density at radius 1 is 1.56 bits per heavy atom. The Balaban J connectivity index is 2.14. The van der Waals surface area contributed by atoms with Gasteiger partial charge in [0.05, 0.1) is 5.39 Å². The Morgan fingerprint density at radius 3 is 3.06 bits per heavy atom. The highest BCUT2D eigenvalue weighted by Crippen LogP contribution is 2.29. The fraction of sp³-hybridized carbons (Fsp3) is 0.364. The van der Waals surface area contributed by atoms with Gasteiger partial charge in [-0.05, 0) is 31.0 Å². The van der Waals surface area contributed by atoms with Crippen LogP contribution in [0, 0.1) is 6.92 Å². The van der Waals surface area contributed by atoms with Crippen molar-refractivity contribution in [1.29, 1.82) is 0 Å². The Morgan fingerprint density at radius 2 is 2.33 bits per heavy atom. The average Bonchev–Trinajstić information content (AvgIpc) is 2.64. The lowest BCUT2D eigenvalue weighted by Gasteiger charge is -2.06. The van der Waals surface area contributed by atoms with Crippen molar-refractivity contribution < 1.29 is 4.79 Å². The van der Waals surface area contributed by atoms with Crippen molar-refractivity contribution in [3.05, 3.63) is 16.2 Å². The van der Waals surface area contributed by atoms with E-state index >= 15 is 0 Å². The van der Waals surface area contributed by atoms with Crippen LogP contribution in [0.15, 0.2) is 6.07 Å². The van der Waals surface area contributed by atoms with E-state index in [0.29, 0.717) is 25.2 Å². The predicted octanol–water partition coefficient (Wildman–Crippen LogP) is 2.33. The first-order chi connectivity index (χ1) is 8.56. The van der Waals surface area contributed by atoms with Gasteiger partial charge in [-0.15, -0.1) is 11.3 Å². The molecule has 5 nitrogen and oxygen atoms in total. The Labute approximate surface area is 113 Å². The van der Waals surface area contributed by atoms with E-state index < -0.39 is 0 Å². The van der Waals surface area contributed by atoms with Gasteiger partial charge < -0.3 is 11.1 Å². The van der Waals surface area contributed by atoms with Crippen molar-refractivity contribution in [2.45, 2.75) is 19.8 Å². The largest absolute Gasteiger partial charge is 0.370 e. The number of nitrogens with zero attached hydrogens (tertiary/aromatic N) is 2. The van der Waals surface area contributed by atoms with Gasteiger partial charge in [-0.2, -0.15) is 0 Å². The molecule has 0 atom stereocenters. The fourth-order valence-corrected chi connectivity index (χ4v) is 2.72. The lowest BCUT2D eigenvalue weighted by Crippen LogP contribution is -2.13. The molecule has 0 aromatic carbocycles. The van der Waals surface area contributed by atoms with E-state index in [-0.39, 0.29) is 11.2 Å². The van der Waals surface area contributed by atoms with Crippen LogP contribution in [-0.2, 0) is 4.79 Å². The number of anilines is 1. The number of nitrogens with two attached hydrogens (primary N) is 1. The molecular formula is C11H13ClN4OS. The van der Waals surface area contributed by atoms with Gasteiger partial charge in [0, 0.05) is 17.8 Å². The van der Waals surface area contributed by atoms with Crippen molar-refractivity contribution in [2.24, 2.45) is 5.73 Å². The number of thiophene rings is 1. The zero-order valence-electron chi connectivity index (χ0n) is 9.86. The van der Waals surface area contributed by atoms with Gasteiger partial charge in [0.25, 0.3) is 0 Å². The molecule has 0 fully saturated rings. The van der Waals surface area contributed by atoms with Crippen LogP contribution in [0.3, 0.4) is 0 Å². The number of carbonyl (C=O) groups excluding carboxylic acids is 1. The van der Waals surface area contributed by atoms with Gasteiger partial charge in [0.15, 0.2) is 0 Å². The number of hydrogen-bond donors (Lipinski definition) is 2. The molecule has 0 aliphatic carbocycles. The lowest BCUT2D eigenvalue weighted by atomic mass is 10.3. The summed E-state index contributed by atoms with van der Waals surface area (Å²) in [5.41, 5.74) is 5.08. The van der Waals surface area contributed by atoms with Crippen LogP contribution in [0.25, 0.3) is 10.2 Å². The maximum absolute atomic E-state index is 10.6. The van der Waals surface area contributed by atoms with Crippen molar-refractivity contribution in [2.75, 3.05) is 11.9 Å².